The van der Waals surface area contributed by atoms with Crippen molar-refractivity contribution in [2.75, 3.05) is 14.2 Å². The first kappa shape index (κ1) is 12.1. The Kier molecular flexibility index (Phi) is 4.24. The molecule has 0 saturated carbocycles. The van der Waals surface area contributed by atoms with Crippen LogP contribution in [-0.4, -0.2) is 20.3 Å². The van der Waals surface area contributed by atoms with Crippen molar-refractivity contribution in [1.82, 2.24) is 0 Å². The highest BCUT2D eigenvalue weighted by Gasteiger charge is 2.11. The fourth-order valence-electron chi connectivity index (χ4n) is 1.47. The molecule has 0 amide bonds. The molecule has 0 bridgehead atoms. The van der Waals surface area contributed by atoms with Gasteiger partial charge in [-0.05, 0) is 19.4 Å². The van der Waals surface area contributed by atoms with E-state index in [4.69, 9.17) is 26.8 Å². The fourth-order valence-corrected chi connectivity index (χ4v) is 1.77. The van der Waals surface area contributed by atoms with Gasteiger partial charge in [-0.15, -0.1) is 0 Å². The van der Waals surface area contributed by atoms with E-state index in [1.54, 1.807) is 20.3 Å². The molecule has 1 atom stereocenters. The maximum atomic E-state index is 6.05. The van der Waals surface area contributed by atoms with E-state index in [1.165, 1.54) is 0 Å². The first-order chi connectivity index (χ1) is 7.08. The van der Waals surface area contributed by atoms with E-state index in [9.17, 15) is 0 Å². The quantitative estimate of drug-likeness (QED) is 0.861. The summed E-state index contributed by atoms with van der Waals surface area (Å²) in [4.78, 5) is 0. The zero-order chi connectivity index (χ0) is 11.4. The zero-order valence-corrected chi connectivity index (χ0v) is 9.97. The summed E-state index contributed by atoms with van der Waals surface area (Å²) in [5.74, 6) is 1.39. The Labute approximate surface area is 95.1 Å². The second-order valence-corrected chi connectivity index (χ2v) is 3.89. The van der Waals surface area contributed by atoms with Gasteiger partial charge < -0.3 is 15.2 Å². The number of nitrogens with two attached hydrogens (primary N) is 1. The second-order valence-electron chi connectivity index (χ2n) is 3.48. The molecule has 2 N–H and O–H groups in total. The molecular weight excluding hydrogens is 214 g/mol. The summed E-state index contributed by atoms with van der Waals surface area (Å²) in [6.07, 6.45) is 0.708. The minimum atomic E-state index is 0.0575. The van der Waals surface area contributed by atoms with Crippen molar-refractivity contribution in [2.45, 2.75) is 19.4 Å². The maximum Gasteiger partial charge on any atom is 0.140 e. The van der Waals surface area contributed by atoms with E-state index in [1.807, 2.05) is 13.0 Å². The van der Waals surface area contributed by atoms with E-state index < -0.39 is 0 Å². The molecule has 0 aliphatic heterocycles. The van der Waals surface area contributed by atoms with Crippen LogP contribution >= 0.6 is 11.6 Å². The van der Waals surface area contributed by atoms with Crippen LogP contribution < -0.4 is 15.2 Å². The summed E-state index contributed by atoms with van der Waals surface area (Å²) in [7, 11) is 3.20. The van der Waals surface area contributed by atoms with Crippen LogP contribution in [0.15, 0.2) is 12.1 Å². The van der Waals surface area contributed by atoms with Gasteiger partial charge in [0.2, 0.25) is 0 Å². The molecule has 15 heavy (non-hydrogen) atoms. The van der Waals surface area contributed by atoms with E-state index in [0.717, 1.165) is 11.3 Å². The minimum absolute atomic E-state index is 0.0575. The lowest BCUT2D eigenvalue weighted by molar-refractivity contribution is 0.398. The molecule has 0 radical (unpaired) electrons. The highest BCUT2D eigenvalue weighted by Crippen LogP contribution is 2.33. The SMILES string of the molecule is COc1cc(Cl)c(OC)c(CC(C)N)c1. The summed E-state index contributed by atoms with van der Waals surface area (Å²) >= 11 is 6.05. The normalized spacial score (nSPS) is 12.3. The van der Waals surface area contributed by atoms with Crippen molar-refractivity contribution in [2.24, 2.45) is 5.73 Å². The summed E-state index contributed by atoms with van der Waals surface area (Å²) in [5, 5.41) is 0.549. The van der Waals surface area contributed by atoms with Crippen LogP contribution in [0.1, 0.15) is 12.5 Å². The Balaban J connectivity index is 3.13. The van der Waals surface area contributed by atoms with E-state index in [-0.39, 0.29) is 6.04 Å². The van der Waals surface area contributed by atoms with Crippen molar-refractivity contribution in [3.63, 3.8) is 0 Å². The lowest BCUT2D eigenvalue weighted by Gasteiger charge is -2.13. The molecule has 1 aromatic rings. The maximum absolute atomic E-state index is 6.05. The first-order valence-corrected chi connectivity index (χ1v) is 5.12. The topological polar surface area (TPSA) is 44.5 Å². The monoisotopic (exact) mass is 229 g/mol. The Hall–Kier alpha value is -0.930. The molecule has 4 heteroatoms. The van der Waals surface area contributed by atoms with Crippen molar-refractivity contribution >= 4 is 11.6 Å². The average molecular weight is 230 g/mol. The van der Waals surface area contributed by atoms with Crippen LogP contribution in [0.5, 0.6) is 11.5 Å². The summed E-state index contributed by atoms with van der Waals surface area (Å²) in [5.41, 5.74) is 6.72. The molecule has 0 aromatic heterocycles. The van der Waals surface area contributed by atoms with Gasteiger partial charge in [0.1, 0.15) is 11.5 Å². The van der Waals surface area contributed by atoms with Crippen LogP contribution in [0.2, 0.25) is 5.02 Å². The molecule has 0 saturated heterocycles. The number of methoxy groups -OCH3 is 2. The predicted octanol–water partition coefficient (Wildman–Crippen LogP) is 2.25. The van der Waals surface area contributed by atoms with Gasteiger partial charge in [0, 0.05) is 17.7 Å². The molecule has 1 aromatic carbocycles. The number of benzene rings is 1. The third-order valence-electron chi connectivity index (χ3n) is 2.08. The van der Waals surface area contributed by atoms with Crippen molar-refractivity contribution in [3.05, 3.63) is 22.7 Å². The highest BCUT2D eigenvalue weighted by molar-refractivity contribution is 6.32. The smallest absolute Gasteiger partial charge is 0.140 e. The van der Waals surface area contributed by atoms with Gasteiger partial charge in [0.15, 0.2) is 0 Å². The van der Waals surface area contributed by atoms with Gasteiger partial charge in [-0.25, -0.2) is 0 Å². The summed E-state index contributed by atoms with van der Waals surface area (Å²) in [6, 6.07) is 3.68. The molecule has 0 aliphatic rings. The van der Waals surface area contributed by atoms with Crippen LogP contribution in [0.3, 0.4) is 0 Å². The second kappa shape index (κ2) is 5.24. The number of hydrogen-bond acceptors (Lipinski definition) is 3. The van der Waals surface area contributed by atoms with Crippen LogP contribution in [0, 0.1) is 0 Å². The van der Waals surface area contributed by atoms with Crippen molar-refractivity contribution < 1.29 is 9.47 Å². The number of rotatable bonds is 4. The van der Waals surface area contributed by atoms with Gasteiger partial charge in [0.25, 0.3) is 0 Å². The van der Waals surface area contributed by atoms with Gasteiger partial charge in [0.05, 0.1) is 19.2 Å². The standard InChI is InChI=1S/C11H16ClNO2/c1-7(13)4-8-5-9(14-2)6-10(12)11(8)15-3/h5-7H,4,13H2,1-3H3. The molecule has 0 spiro atoms. The predicted molar refractivity (Wildman–Crippen MR) is 61.9 cm³/mol. The van der Waals surface area contributed by atoms with Gasteiger partial charge in [-0.1, -0.05) is 11.6 Å². The lowest BCUT2D eigenvalue weighted by Crippen LogP contribution is -2.18. The Morgan fingerprint density at radius 1 is 1.33 bits per heavy atom. The molecular formula is C11H16ClNO2. The molecule has 1 unspecified atom stereocenters. The molecule has 1 rings (SSSR count). The van der Waals surface area contributed by atoms with E-state index in [2.05, 4.69) is 0 Å². The Morgan fingerprint density at radius 2 is 2.00 bits per heavy atom. The molecule has 0 fully saturated rings. The lowest BCUT2D eigenvalue weighted by atomic mass is 10.1. The third-order valence-corrected chi connectivity index (χ3v) is 2.36. The highest BCUT2D eigenvalue weighted by atomic mass is 35.5. The van der Waals surface area contributed by atoms with Gasteiger partial charge in [-0.3, -0.25) is 0 Å². The van der Waals surface area contributed by atoms with E-state index in [0.29, 0.717) is 17.2 Å². The minimum Gasteiger partial charge on any atom is -0.497 e. The largest absolute Gasteiger partial charge is 0.497 e. The first-order valence-electron chi connectivity index (χ1n) is 4.74. The molecule has 84 valence electrons. The van der Waals surface area contributed by atoms with Crippen molar-refractivity contribution in [1.29, 1.82) is 0 Å². The summed E-state index contributed by atoms with van der Waals surface area (Å²) in [6.45, 7) is 1.94. The van der Waals surface area contributed by atoms with E-state index >= 15 is 0 Å². The number of halogens is 1. The fraction of sp³-hybridized carbons (Fsp3) is 0.455. The van der Waals surface area contributed by atoms with Crippen LogP contribution in [0.4, 0.5) is 0 Å². The Morgan fingerprint density at radius 3 is 2.47 bits per heavy atom. The molecule has 0 heterocycles. The number of hydrogen-bond donors (Lipinski definition) is 1. The average Bonchev–Trinajstić information content (AvgIpc) is 2.16. The molecule has 3 nitrogen and oxygen atoms in total. The van der Waals surface area contributed by atoms with Gasteiger partial charge in [-0.2, -0.15) is 0 Å². The van der Waals surface area contributed by atoms with Crippen LogP contribution in [0.25, 0.3) is 0 Å². The third kappa shape index (κ3) is 3.01. The van der Waals surface area contributed by atoms with Crippen molar-refractivity contribution in [3.8, 4) is 11.5 Å². The van der Waals surface area contributed by atoms with Crippen LogP contribution in [-0.2, 0) is 6.42 Å². The molecule has 0 aliphatic carbocycles. The number of ether oxygens (including phenoxy) is 2. The summed E-state index contributed by atoms with van der Waals surface area (Å²) < 4.78 is 10.4. The van der Waals surface area contributed by atoms with Gasteiger partial charge >= 0.3 is 0 Å². The Bertz CT molecular complexity index is 340. The zero-order valence-electron chi connectivity index (χ0n) is 9.21.